The maximum Gasteiger partial charge on any atom is 0.119 e. The predicted octanol–water partition coefficient (Wildman–Crippen LogP) is 3.74. The molecule has 0 spiro atoms. The first-order valence-electron chi connectivity index (χ1n) is 7.91. The molecule has 0 saturated heterocycles. The number of ether oxygens (including phenoxy) is 2. The van der Waals surface area contributed by atoms with Crippen molar-refractivity contribution >= 4 is 0 Å². The number of rotatable bonds is 5. The van der Waals surface area contributed by atoms with E-state index in [4.69, 9.17) is 9.47 Å². The van der Waals surface area contributed by atoms with Gasteiger partial charge in [-0.2, -0.15) is 0 Å². The van der Waals surface area contributed by atoms with Gasteiger partial charge in [-0.25, -0.2) is 0 Å². The molecule has 3 nitrogen and oxygen atoms in total. The quantitative estimate of drug-likeness (QED) is 0.912. The highest BCUT2D eigenvalue weighted by atomic mass is 16.5. The molecular formula is C19H23NO2. The molecule has 2 atom stereocenters. The van der Waals surface area contributed by atoms with Gasteiger partial charge in [-0.15, -0.1) is 0 Å². The van der Waals surface area contributed by atoms with Gasteiger partial charge in [0.15, 0.2) is 0 Å². The second-order valence-electron chi connectivity index (χ2n) is 5.72. The Morgan fingerprint density at radius 3 is 2.64 bits per heavy atom. The first-order valence-corrected chi connectivity index (χ1v) is 7.91. The second-order valence-corrected chi connectivity index (χ2v) is 5.72. The summed E-state index contributed by atoms with van der Waals surface area (Å²) >= 11 is 0. The molecule has 0 aromatic heterocycles. The van der Waals surface area contributed by atoms with Gasteiger partial charge in [0.2, 0.25) is 0 Å². The molecule has 3 rings (SSSR count). The van der Waals surface area contributed by atoms with Gasteiger partial charge in [0.1, 0.15) is 18.1 Å². The minimum atomic E-state index is 0.198. The lowest BCUT2D eigenvalue weighted by molar-refractivity contribution is 0.241. The highest BCUT2D eigenvalue weighted by Gasteiger charge is 2.26. The second kappa shape index (κ2) is 6.84. The van der Waals surface area contributed by atoms with Crippen LogP contribution < -0.4 is 14.8 Å². The third kappa shape index (κ3) is 3.25. The third-order valence-corrected chi connectivity index (χ3v) is 4.28. The molecule has 0 amide bonds. The maximum absolute atomic E-state index is 5.97. The van der Waals surface area contributed by atoms with Crippen LogP contribution in [0, 0.1) is 0 Å². The van der Waals surface area contributed by atoms with Gasteiger partial charge >= 0.3 is 0 Å². The molecule has 2 unspecified atom stereocenters. The van der Waals surface area contributed by atoms with Crippen LogP contribution in [0.4, 0.5) is 0 Å². The first kappa shape index (κ1) is 14.9. The van der Waals surface area contributed by atoms with E-state index in [-0.39, 0.29) is 6.04 Å². The van der Waals surface area contributed by atoms with E-state index in [1.807, 2.05) is 36.4 Å². The lowest BCUT2D eigenvalue weighted by atomic mass is 9.89. The van der Waals surface area contributed by atoms with Crippen LogP contribution in [0.3, 0.4) is 0 Å². The van der Waals surface area contributed by atoms with Crippen molar-refractivity contribution in [3.63, 3.8) is 0 Å². The number of para-hydroxylation sites is 1. The zero-order valence-corrected chi connectivity index (χ0v) is 13.2. The average Bonchev–Trinajstić information content (AvgIpc) is 2.59. The zero-order chi connectivity index (χ0) is 15.4. The van der Waals surface area contributed by atoms with Crippen molar-refractivity contribution in [1.29, 1.82) is 0 Å². The largest absolute Gasteiger partial charge is 0.497 e. The van der Waals surface area contributed by atoms with E-state index in [2.05, 4.69) is 24.4 Å². The van der Waals surface area contributed by atoms with E-state index >= 15 is 0 Å². The molecule has 2 aromatic carbocycles. The van der Waals surface area contributed by atoms with Crippen LogP contribution in [0.1, 0.15) is 30.5 Å². The van der Waals surface area contributed by atoms with E-state index in [1.54, 1.807) is 7.11 Å². The Morgan fingerprint density at radius 2 is 1.91 bits per heavy atom. The summed E-state index contributed by atoms with van der Waals surface area (Å²) in [6, 6.07) is 17.0. The van der Waals surface area contributed by atoms with Crippen molar-refractivity contribution in [2.75, 3.05) is 13.7 Å². The van der Waals surface area contributed by atoms with Crippen LogP contribution in [0.15, 0.2) is 48.5 Å². The molecule has 1 heterocycles. The smallest absolute Gasteiger partial charge is 0.119 e. The zero-order valence-electron chi connectivity index (χ0n) is 13.2. The van der Waals surface area contributed by atoms with Gasteiger partial charge in [0, 0.05) is 6.04 Å². The molecule has 116 valence electrons. The highest BCUT2D eigenvalue weighted by molar-refractivity contribution is 5.40. The average molecular weight is 297 g/mol. The van der Waals surface area contributed by atoms with Crippen molar-refractivity contribution in [1.82, 2.24) is 5.32 Å². The molecule has 22 heavy (non-hydrogen) atoms. The molecule has 1 aliphatic rings. The summed E-state index contributed by atoms with van der Waals surface area (Å²) in [6.45, 7) is 2.85. The van der Waals surface area contributed by atoms with Crippen LogP contribution in [-0.4, -0.2) is 19.8 Å². The number of hydrogen-bond acceptors (Lipinski definition) is 3. The Balaban J connectivity index is 1.80. The Labute approximate surface area is 132 Å². The summed E-state index contributed by atoms with van der Waals surface area (Å²) in [7, 11) is 1.71. The summed E-state index contributed by atoms with van der Waals surface area (Å²) in [5.74, 6) is 1.81. The summed E-state index contributed by atoms with van der Waals surface area (Å²) < 4.78 is 11.3. The van der Waals surface area contributed by atoms with Crippen molar-refractivity contribution in [3.05, 3.63) is 59.7 Å². The number of benzene rings is 2. The minimum absolute atomic E-state index is 0.198. The number of fused-ring (bicyclic) bond motifs is 1. The Bertz CT molecular complexity index is 612. The fraction of sp³-hybridized carbons (Fsp3) is 0.368. The van der Waals surface area contributed by atoms with E-state index < -0.39 is 0 Å². The lowest BCUT2D eigenvalue weighted by Crippen LogP contribution is -2.41. The van der Waals surface area contributed by atoms with Crippen LogP contribution >= 0.6 is 0 Å². The van der Waals surface area contributed by atoms with Crippen LogP contribution in [0.2, 0.25) is 0 Å². The molecule has 0 aliphatic carbocycles. The van der Waals surface area contributed by atoms with Gasteiger partial charge in [0.25, 0.3) is 0 Å². The molecular weight excluding hydrogens is 274 g/mol. The maximum atomic E-state index is 5.97. The monoisotopic (exact) mass is 297 g/mol. The van der Waals surface area contributed by atoms with Crippen molar-refractivity contribution in [2.45, 2.75) is 31.8 Å². The highest BCUT2D eigenvalue weighted by Crippen LogP contribution is 2.30. The summed E-state index contributed by atoms with van der Waals surface area (Å²) in [6.07, 6.45) is 2.19. The van der Waals surface area contributed by atoms with Crippen molar-refractivity contribution in [3.8, 4) is 11.5 Å². The Hall–Kier alpha value is -2.00. The molecule has 1 aliphatic heterocycles. The van der Waals surface area contributed by atoms with Gasteiger partial charge in [-0.3, -0.25) is 0 Å². The van der Waals surface area contributed by atoms with Gasteiger partial charge in [0.05, 0.1) is 13.2 Å². The summed E-state index contributed by atoms with van der Waals surface area (Å²) in [4.78, 5) is 0. The Morgan fingerprint density at radius 1 is 1.09 bits per heavy atom. The van der Waals surface area contributed by atoms with Crippen molar-refractivity contribution < 1.29 is 9.47 Å². The Kier molecular flexibility index (Phi) is 4.64. The fourth-order valence-corrected chi connectivity index (χ4v) is 3.01. The molecule has 2 aromatic rings. The standard InChI is InChI=1S/C19H23NO2/c1-3-15-11-14-9-10-17(21-2)12-18(14)19(20-15)13-22-16-7-5-4-6-8-16/h4-10,12,15,19-20H,3,11,13H2,1-2H3. The SMILES string of the molecule is CCC1Cc2ccc(OC)cc2C(COc2ccccc2)N1. The van der Waals surface area contributed by atoms with Gasteiger partial charge in [-0.1, -0.05) is 31.2 Å². The molecule has 1 N–H and O–H groups in total. The van der Waals surface area contributed by atoms with Crippen LogP contribution in [0.5, 0.6) is 11.5 Å². The van der Waals surface area contributed by atoms with Crippen molar-refractivity contribution in [2.24, 2.45) is 0 Å². The van der Waals surface area contributed by atoms with E-state index in [9.17, 15) is 0 Å². The normalized spacial score (nSPS) is 20.3. The molecule has 0 radical (unpaired) electrons. The summed E-state index contributed by atoms with van der Waals surface area (Å²) in [5.41, 5.74) is 2.69. The lowest BCUT2D eigenvalue weighted by Gasteiger charge is -2.33. The number of hydrogen-bond donors (Lipinski definition) is 1. The first-order chi connectivity index (χ1) is 10.8. The van der Waals surface area contributed by atoms with E-state index in [0.29, 0.717) is 12.6 Å². The summed E-state index contributed by atoms with van der Waals surface area (Å²) in [5, 5.41) is 3.70. The third-order valence-electron chi connectivity index (χ3n) is 4.28. The van der Waals surface area contributed by atoms with Crippen LogP contribution in [-0.2, 0) is 6.42 Å². The fourth-order valence-electron chi connectivity index (χ4n) is 3.01. The predicted molar refractivity (Wildman–Crippen MR) is 88.6 cm³/mol. The van der Waals surface area contributed by atoms with E-state index in [0.717, 1.165) is 24.3 Å². The molecule has 0 fully saturated rings. The van der Waals surface area contributed by atoms with Crippen LogP contribution in [0.25, 0.3) is 0 Å². The van der Waals surface area contributed by atoms with E-state index in [1.165, 1.54) is 11.1 Å². The molecule has 3 heteroatoms. The molecule has 0 saturated carbocycles. The minimum Gasteiger partial charge on any atom is -0.497 e. The van der Waals surface area contributed by atoms with Gasteiger partial charge in [-0.05, 0) is 48.2 Å². The molecule has 0 bridgehead atoms. The number of nitrogens with one attached hydrogen (secondary N) is 1. The van der Waals surface area contributed by atoms with Gasteiger partial charge < -0.3 is 14.8 Å². The number of methoxy groups -OCH3 is 1. The topological polar surface area (TPSA) is 30.5 Å².